The SMILES string of the molecule is O=C(c1ccccc1Cl)N1CC[NH+](Cn2nnc3ccccc3c2=O)CC1. The van der Waals surface area contributed by atoms with E-state index in [0.29, 0.717) is 41.2 Å². The molecule has 1 saturated heterocycles. The molecular weight excluding hydrogens is 366 g/mol. The average molecular weight is 385 g/mol. The van der Waals surface area contributed by atoms with E-state index in [9.17, 15) is 9.59 Å². The van der Waals surface area contributed by atoms with Crippen LogP contribution in [0.3, 0.4) is 0 Å². The molecule has 0 saturated carbocycles. The molecule has 4 rings (SSSR count). The fourth-order valence-electron chi connectivity index (χ4n) is 3.33. The van der Waals surface area contributed by atoms with Crippen molar-refractivity contribution in [3.05, 3.63) is 69.5 Å². The van der Waals surface area contributed by atoms with E-state index in [1.165, 1.54) is 9.58 Å². The lowest BCUT2D eigenvalue weighted by atomic mass is 10.2. The smallest absolute Gasteiger partial charge is 0.282 e. The van der Waals surface area contributed by atoms with Gasteiger partial charge in [0.1, 0.15) is 5.52 Å². The van der Waals surface area contributed by atoms with Crippen LogP contribution in [0.15, 0.2) is 53.3 Å². The van der Waals surface area contributed by atoms with Crippen LogP contribution in [0.4, 0.5) is 0 Å². The molecule has 0 spiro atoms. The molecule has 1 aliphatic rings. The number of rotatable bonds is 3. The number of fused-ring (bicyclic) bond motifs is 1. The Hall–Kier alpha value is -2.77. The monoisotopic (exact) mass is 384 g/mol. The van der Waals surface area contributed by atoms with Gasteiger partial charge in [0.25, 0.3) is 11.5 Å². The van der Waals surface area contributed by atoms with Gasteiger partial charge < -0.3 is 9.80 Å². The van der Waals surface area contributed by atoms with E-state index in [-0.39, 0.29) is 11.5 Å². The lowest BCUT2D eigenvalue weighted by Crippen LogP contribution is -3.14. The Kier molecular flexibility index (Phi) is 4.87. The number of quaternary nitrogens is 1. The van der Waals surface area contributed by atoms with Crippen molar-refractivity contribution in [3.8, 4) is 0 Å². The Morgan fingerprint density at radius 2 is 1.78 bits per heavy atom. The lowest BCUT2D eigenvalue weighted by Gasteiger charge is -2.32. The Morgan fingerprint density at radius 3 is 2.56 bits per heavy atom. The highest BCUT2D eigenvalue weighted by molar-refractivity contribution is 6.33. The van der Waals surface area contributed by atoms with Crippen LogP contribution in [0.1, 0.15) is 10.4 Å². The van der Waals surface area contributed by atoms with Crippen LogP contribution < -0.4 is 10.5 Å². The minimum absolute atomic E-state index is 0.0534. The summed E-state index contributed by atoms with van der Waals surface area (Å²) in [7, 11) is 0. The Labute approximate surface area is 160 Å². The van der Waals surface area contributed by atoms with Gasteiger partial charge in [0.15, 0.2) is 6.67 Å². The second-order valence-electron chi connectivity index (χ2n) is 6.59. The van der Waals surface area contributed by atoms with E-state index in [1.807, 2.05) is 24.3 Å². The molecular formula is C19H19ClN5O2+. The second kappa shape index (κ2) is 7.46. The first-order valence-corrected chi connectivity index (χ1v) is 9.21. The molecule has 1 N–H and O–H groups in total. The van der Waals surface area contributed by atoms with Crippen molar-refractivity contribution >= 4 is 28.4 Å². The molecule has 2 aromatic carbocycles. The maximum Gasteiger partial charge on any atom is 0.282 e. The summed E-state index contributed by atoms with van der Waals surface area (Å²) in [5, 5.41) is 9.21. The van der Waals surface area contributed by atoms with Gasteiger partial charge in [-0.25, -0.2) is 0 Å². The molecule has 138 valence electrons. The summed E-state index contributed by atoms with van der Waals surface area (Å²) >= 11 is 6.13. The molecule has 0 bridgehead atoms. The number of benzene rings is 2. The third kappa shape index (κ3) is 3.56. The Morgan fingerprint density at radius 1 is 1.07 bits per heavy atom. The molecule has 0 unspecified atom stereocenters. The number of carbonyl (C=O) groups excluding carboxylic acids is 1. The summed E-state index contributed by atoms with van der Waals surface area (Å²) in [6.45, 7) is 3.11. The molecule has 8 heteroatoms. The topological polar surface area (TPSA) is 72.5 Å². The number of halogens is 1. The van der Waals surface area contributed by atoms with E-state index < -0.39 is 0 Å². The molecule has 1 aromatic heterocycles. The zero-order valence-corrected chi connectivity index (χ0v) is 15.4. The molecule has 2 heterocycles. The van der Waals surface area contributed by atoms with Gasteiger partial charge in [0, 0.05) is 0 Å². The van der Waals surface area contributed by atoms with Gasteiger partial charge in [0.2, 0.25) is 0 Å². The van der Waals surface area contributed by atoms with Crippen molar-refractivity contribution in [3.63, 3.8) is 0 Å². The van der Waals surface area contributed by atoms with Crippen LogP contribution in [-0.4, -0.2) is 52.0 Å². The van der Waals surface area contributed by atoms with Crippen LogP contribution in [0.2, 0.25) is 5.02 Å². The highest BCUT2D eigenvalue weighted by Crippen LogP contribution is 2.17. The van der Waals surface area contributed by atoms with Crippen molar-refractivity contribution in [1.82, 2.24) is 19.9 Å². The number of hydrogen-bond donors (Lipinski definition) is 1. The van der Waals surface area contributed by atoms with Crippen LogP contribution in [0, 0.1) is 0 Å². The van der Waals surface area contributed by atoms with E-state index in [1.54, 1.807) is 29.2 Å². The van der Waals surface area contributed by atoms with Gasteiger partial charge in [-0.2, -0.15) is 4.68 Å². The molecule has 1 amide bonds. The minimum Gasteiger partial charge on any atom is -0.327 e. The van der Waals surface area contributed by atoms with Crippen molar-refractivity contribution in [2.24, 2.45) is 0 Å². The van der Waals surface area contributed by atoms with E-state index >= 15 is 0 Å². The average Bonchev–Trinajstić information content (AvgIpc) is 2.71. The molecule has 0 atom stereocenters. The molecule has 0 aliphatic carbocycles. The standard InChI is InChI=1S/C19H18ClN5O2/c20-16-7-3-1-5-14(16)18(26)24-11-9-23(10-12-24)13-25-19(27)15-6-2-4-8-17(15)21-22-25/h1-8H,9-13H2/p+1. The summed E-state index contributed by atoms with van der Waals surface area (Å²) in [6.07, 6.45) is 0. The van der Waals surface area contributed by atoms with E-state index in [4.69, 9.17) is 11.6 Å². The summed E-state index contributed by atoms with van der Waals surface area (Å²) in [4.78, 5) is 28.2. The van der Waals surface area contributed by atoms with Crippen LogP contribution in [-0.2, 0) is 6.67 Å². The lowest BCUT2D eigenvalue weighted by molar-refractivity contribution is -0.927. The van der Waals surface area contributed by atoms with Gasteiger partial charge >= 0.3 is 0 Å². The number of piperazine rings is 1. The molecule has 0 radical (unpaired) electrons. The number of aromatic nitrogens is 3. The summed E-state index contributed by atoms with van der Waals surface area (Å²) in [5.74, 6) is -0.0534. The summed E-state index contributed by atoms with van der Waals surface area (Å²) in [6, 6.07) is 14.3. The zero-order chi connectivity index (χ0) is 18.8. The van der Waals surface area contributed by atoms with Crippen LogP contribution >= 0.6 is 11.6 Å². The Bertz CT molecular complexity index is 1040. The van der Waals surface area contributed by atoms with Gasteiger partial charge in [-0.05, 0) is 24.3 Å². The third-order valence-corrected chi connectivity index (χ3v) is 5.19. The minimum atomic E-state index is -0.136. The van der Waals surface area contributed by atoms with Gasteiger partial charge in [-0.3, -0.25) is 9.59 Å². The first kappa shape index (κ1) is 17.6. The van der Waals surface area contributed by atoms with Crippen molar-refractivity contribution < 1.29 is 9.69 Å². The number of nitrogens with one attached hydrogen (secondary N) is 1. The number of amides is 1. The van der Waals surface area contributed by atoms with E-state index in [0.717, 1.165) is 13.1 Å². The number of carbonyl (C=O) groups is 1. The number of nitrogens with zero attached hydrogens (tertiary/aromatic N) is 4. The highest BCUT2D eigenvalue weighted by Gasteiger charge is 2.26. The van der Waals surface area contributed by atoms with Gasteiger partial charge in [-0.1, -0.05) is 41.1 Å². The van der Waals surface area contributed by atoms with Crippen molar-refractivity contribution in [2.45, 2.75) is 6.67 Å². The predicted molar refractivity (Wildman–Crippen MR) is 102 cm³/mol. The molecule has 3 aromatic rings. The molecule has 1 fully saturated rings. The normalized spacial score (nSPS) is 15.2. The van der Waals surface area contributed by atoms with Crippen molar-refractivity contribution in [2.75, 3.05) is 26.2 Å². The predicted octanol–water partition coefficient (Wildman–Crippen LogP) is 0.443. The van der Waals surface area contributed by atoms with Crippen LogP contribution in [0.5, 0.6) is 0 Å². The Balaban J connectivity index is 1.43. The van der Waals surface area contributed by atoms with Gasteiger partial charge in [-0.15, -0.1) is 5.10 Å². The highest BCUT2D eigenvalue weighted by atomic mass is 35.5. The first-order chi connectivity index (χ1) is 13.1. The van der Waals surface area contributed by atoms with Crippen LogP contribution in [0.25, 0.3) is 10.9 Å². The molecule has 7 nitrogen and oxygen atoms in total. The summed E-state index contributed by atoms with van der Waals surface area (Å²) < 4.78 is 1.41. The van der Waals surface area contributed by atoms with E-state index in [2.05, 4.69) is 10.3 Å². The largest absolute Gasteiger partial charge is 0.327 e. The zero-order valence-electron chi connectivity index (χ0n) is 14.6. The first-order valence-electron chi connectivity index (χ1n) is 8.83. The van der Waals surface area contributed by atoms with Gasteiger partial charge in [0.05, 0.1) is 42.2 Å². The second-order valence-corrected chi connectivity index (χ2v) is 7.00. The maximum absolute atomic E-state index is 12.6. The fourth-order valence-corrected chi connectivity index (χ4v) is 3.54. The maximum atomic E-state index is 12.6. The molecule has 27 heavy (non-hydrogen) atoms. The third-order valence-electron chi connectivity index (χ3n) is 4.86. The van der Waals surface area contributed by atoms with Crippen molar-refractivity contribution in [1.29, 1.82) is 0 Å². The quantitative estimate of drug-likeness (QED) is 0.711. The molecule has 1 aliphatic heterocycles. The summed E-state index contributed by atoms with van der Waals surface area (Å²) in [5.41, 5.74) is 0.991. The fraction of sp³-hybridized carbons (Fsp3) is 0.263. The number of hydrogen-bond acceptors (Lipinski definition) is 4.